The number of sulfone groups is 1. The fourth-order valence-electron chi connectivity index (χ4n) is 2.05. The van der Waals surface area contributed by atoms with E-state index in [9.17, 15) is 13.2 Å². The maximum absolute atomic E-state index is 12.0. The number of hydrogen-bond donors (Lipinski definition) is 2. The maximum atomic E-state index is 12.0. The number of carbonyl (C=O) groups excluding carboxylic acids is 1. The van der Waals surface area contributed by atoms with E-state index in [-0.39, 0.29) is 28.6 Å². The predicted octanol–water partition coefficient (Wildman–Crippen LogP) is 0.487. The van der Waals surface area contributed by atoms with Crippen molar-refractivity contribution in [3.05, 3.63) is 29.8 Å². The third-order valence-corrected chi connectivity index (χ3v) is 5.13. The van der Waals surface area contributed by atoms with E-state index in [4.69, 9.17) is 17.0 Å². The molecular formula is C13H16N2O4S2. The second kappa shape index (κ2) is 6.40. The van der Waals surface area contributed by atoms with E-state index in [1.165, 1.54) is 0 Å². The van der Waals surface area contributed by atoms with Gasteiger partial charge in [-0.3, -0.25) is 10.1 Å². The molecule has 0 unspecified atom stereocenters. The molecule has 1 fully saturated rings. The van der Waals surface area contributed by atoms with Gasteiger partial charge in [0.05, 0.1) is 18.6 Å². The van der Waals surface area contributed by atoms with Crippen molar-refractivity contribution in [3.8, 4) is 5.75 Å². The average molecular weight is 328 g/mol. The van der Waals surface area contributed by atoms with Crippen LogP contribution in [0.2, 0.25) is 0 Å². The molecule has 2 N–H and O–H groups in total. The van der Waals surface area contributed by atoms with Crippen molar-refractivity contribution < 1.29 is 17.9 Å². The fourth-order valence-corrected chi connectivity index (χ4v) is 3.98. The lowest BCUT2D eigenvalue weighted by Gasteiger charge is -2.14. The molecule has 6 nitrogen and oxygen atoms in total. The zero-order valence-electron chi connectivity index (χ0n) is 11.5. The van der Waals surface area contributed by atoms with Crippen LogP contribution >= 0.6 is 12.2 Å². The summed E-state index contributed by atoms with van der Waals surface area (Å²) in [6.07, 6.45) is 0.501. The Morgan fingerprint density at radius 2 is 2.00 bits per heavy atom. The maximum Gasteiger partial charge on any atom is 0.257 e. The minimum Gasteiger partial charge on any atom is -0.497 e. The number of benzene rings is 1. The van der Waals surface area contributed by atoms with Crippen LogP contribution in [0.15, 0.2) is 24.3 Å². The molecule has 0 aliphatic carbocycles. The summed E-state index contributed by atoms with van der Waals surface area (Å²) in [6.45, 7) is 0. The SMILES string of the molecule is COc1ccc(C(=O)NC(=S)N[C@@H]2CCS(=O)(=O)C2)cc1. The van der Waals surface area contributed by atoms with E-state index in [2.05, 4.69) is 10.6 Å². The van der Waals surface area contributed by atoms with Gasteiger partial charge in [-0.25, -0.2) is 8.42 Å². The van der Waals surface area contributed by atoms with Crippen LogP contribution in [0, 0.1) is 0 Å². The first-order valence-electron chi connectivity index (χ1n) is 6.36. The van der Waals surface area contributed by atoms with Gasteiger partial charge in [-0.05, 0) is 42.9 Å². The van der Waals surface area contributed by atoms with E-state index in [1.54, 1.807) is 31.4 Å². The Hall–Kier alpha value is -1.67. The molecule has 1 heterocycles. The summed E-state index contributed by atoms with van der Waals surface area (Å²) < 4.78 is 27.7. The van der Waals surface area contributed by atoms with Crippen LogP contribution in [0.4, 0.5) is 0 Å². The lowest BCUT2D eigenvalue weighted by Crippen LogP contribution is -2.44. The van der Waals surface area contributed by atoms with Crippen molar-refractivity contribution in [2.45, 2.75) is 12.5 Å². The highest BCUT2D eigenvalue weighted by Crippen LogP contribution is 2.12. The first-order valence-corrected chi connectivity index (χ1v) is 8.59. The molecule has 1 aromatic carbocycles. The Morgan fingerprint density at radius 1 is 1.33 bits per heavy atom. The quantitative estimate of drug-likeness (QED) is 0.786. The van der Waals surface area contributed by atoms with Crippen LogP contribution in [0.3, 0.4) is 0 Å². The lowest BCUT2D eigenvalue weighted by atomic mass is 10.2. The molecular weight excluding hydrogens is 312 g/mol. The van der Waals surface area contributed by atoms with Crippen LogP contribution in [0.1, 0.15) is 16.8 Å². The van der Waals surface area contributed by atoms with Gasteiger partial charge < -0.3 is 10.1 Å². The van der Waals surface area contributed by atoms with Gasteiger partial charge in [-0.1, -0.05) is 0 Å². The van der Waals surface area contributed by atoms with Crippen LogP contribution in [-0.4, -0.2) is 44.1 Å². The fraction of sp³-hybridized carbons (Fsp3) is 0.385. The van der Waals surface area contributed by atoms with Crippen LogP contribution in [0.25, 0.3) is 0 Å². The molecule has 1 atom stereocenters. The van der Waals surface area contributed by atoms with Gasteiger partial charge >= 0.3 is 0 Å². The first-order chi connectivity index (χ1) is 9.89. The molecule has 8 heteroatoms. The molecule has 0 bridgehead atoms. The van der Waals surface area contributed by atoms with Crippen molar-refractivity contribution in [2.75, 3.05) is 18.6 Å². The molecule has 1 amide bonds. The highest BCUT2D eigenvalue weighted by atomic mass is 32.2. The minimum atomic E-state index is -2.98. The summed E-state index contributed by atoms with van der Waals surface area (Å²) in [5, 5.41) is 5.52. The number of nitrogens with one attached hydrogen (secondary N) is 2. The number of ether oxygens (including phenoxy) is 1. The monoisotopic (exact) mass is 328 g/mol. The standard InChI is InChI=1S/C13H16N2O4S2/c1-19-11-4-2-9(3-5-11)12(16)15-13(20)14-10-6-7-21(17,18)8-10/h2-5,10H,6-8H2,1H3,(H2,14,15,16,20)/t10-/m1/s1. The lowest BCUT2D eigenvalue weighted by molar-refractivity contribution is 0.0976. The van der Waals surface area contributed by atoms with Crippen LogP contribution in [0.5, 0.6) is 5.75 Å². The number of carbonyl (C=O) groups is 1. The summed E-state index contributed by atoms with van der Waals surface area (Å²) in [5.74, 6) is 0.505. The second-order valence-corrected chi connectivity index (χ2v) is 7.39. The van der Waals surface area contributed by atoms with E-state index in [0.29, 0.717) is 17.7 Å². The Bertz CT molecular complexity index is 641. The van der Waals surface area contributed by atoms with Gasteiger partial charge in [-0.2, -0.15) is 0 Å². The van der Waals surface area contributed by atoms with Gasteiger partial charge in [-0.15, -0.1) is 0 Å². The number of thiocarbonyl (C=S) groups is 1. The predicted molar refractivity (Wildman–Crippen MR) is 83.3 cm³/mol. The van der Waals surface area contributed by atoms with E-state index in [1.807, 2.05) is 0 Å². The summed E-state index contributed by atoms with van der Waals surface area (Å²) in [4.78, 5) is 12.0. The molecule has 1 saturated heterocycles. The molecule has 0 saturated carbocycles. The highest BCUT2D eigenvalue weighted by Gasteiger charge is 2.28. The number of amides is 1. The Labute approximate surface area is 128 Å². The molecule has 0 aromatic heterocycles. The van der Waals surface area contributed by atoms with Gasteiger partial charge in [0, 0.05) is 11.6 Å². The third kappa shape index (κ3) is 4.40. The molecule has 1 aromatic rings. The van der Waals surface area contributed by atoms with Crippen molar-refractivity contribution in [1.29, 1.82) is 0 Å². The second-order valence-electron chi connectivity index (χ2n) is 4.76. The summed E-state index contributed by atoms with van der Waals surface area (Å²) in [5.41, 5.74) is 0.444. The summed E-state index contributed by atoms with van der Waals surface area (Å²) >= 11 is 5.03. The van der Waals surface area contributed by atoms with E-state index in [0.717, 1.165) is 0 Å². The van der Waals surface area contributed by atoms with E-state index < -0.39 is 9.84 Å². The zero-order valence-corrected chi connectivity index (χ0v) is 13.1. The number of methoxy groups -OCH3 is 1. The molecule has 2 rings (SSSR count). The molecule has 0 radical (unpaired) electrons. The summed E-state index contributed by atoms with van der Waals surface area (Å²) in [7, 11) is -1.43. The van der Waals surface area contributed by atoms with Crippen LogP contribution in [-0.2, 0) is 9.84 Å². The number of hydrogen-bond acceptors (Lipinski definition) is 5. The zero-order chi connectivity index (χ0) is 15.5. The third-order valence-electron chi connectivity index (χ3n) is 3.15. The Kier molecular flexibility index (Phi) is 4.79. The Balaban J connectivity index is 1.88. The summed E-state index contributed by atoms with van der Waals surface area (Å²) in [6, 6.07) is 6.36. The molecule has 1 aliphatic rings. The normalized spacial score (nSPS) is 19.8. The van der Waals surface area contributed by atoms with Crippen molar-refractivity contribution >= 4 is 33.1 Å². The molecule has 114 valence electrons. The Morgan fingerprint density at radius 3 is 2.52 bits per heavy atom. The first kappa shape index (κ1) is 15.7. The van der Waals surface area contributed by atoms with Crippen molar-refractivity contribution in [2.24, 2.45) is 0 Å². The minimum absolute atomic E-state index is 0.0472. The van der Waals surface area contributed by atoms with Crippen molar-refractivity contribution in [1.82, 2.24) is 10.6 Å². The van der Waals surface area contributed by atoms with Gasteiger partial charge in [0.25, 0.3) is 5.91 Å². The van der Waals surface area contributed by atoms with Crippen molar-refractivity contribution in [3.63, 3.8) is 0 Å². The number of rotatable bonds is 3. The van der Waals surface area contributed by atoms with Gasteiger partial charge in [0.1, 0.15) is 5.75 Å². The molecule has 21 heavy (non-hydrogen) atoms. The van der Waals surface area contributed by atoms with Gasteiger partial charge in [0.2, 0.25) is 0 Å². The highest BCUT2D eigenvalue weighted by molar-refractivity contribution is 7.91. The average Bonchev–Trinajstić information content (AvgIpc) is 2.77. The van der Waals surface area contributed by atoms with E-state index >= 15 is 0 Å². The molecule has 1 aliphatic heterocycles. The smallest absolute Gasteiger partial charge is 0.257 e. The van der Waals surface area contributed by atoms with Gasteiger partial charge in [0.15, 0.2) is 14.9 Å². The molecule has 0 spiro atoms. The largest absolute Gasteiger partial charge is 0.497 e. The topological polar surface area (TPSA) is 84.5 Å². The van der Waals surface area contributed by atoms with Crippen LogP contribution < -0.4 is 15.4 Å².